The molecule has 0 heterocycles. The Kier molecular flexibility index (Phi) is 4.58. The molecule has 0 aliphatic heterocycles. The fourth-order valence-electron chi connectivity index (χ4n) is 2.09. The van der Waals surface area contributed by atoms with E-state index in [4.69, 9.17) is 0 Å². The lowest BCUT2D eigenvalue weighted by Crippen LogP contribution is -2.27. The summed E-state index contributed by atoms with van der Waals surface area (Å²) in [6.45, 7) is 1.77. The molecule has 1 atom stereocenters. The molecule has 3 nitrogen and oxygen atoms in total. The summed E-state index contributed by atoms with van der Waals surface area (Å²) in [5.41, 5.74) is 2.06. The number of carbonyl (C=O) groups is 1. The van der Waals surface area contributed by atoms with E-state index in [0.717, 1.165) is 5.69 Å². The van der Waals surface area contributed by atoms with Gasteiger partial charge in [-0.2, -0.15) is 0 Å². The number of nitrogens with zero attached hydrogens (tertiary/aromatic N) is 1. The quantitative estimate of drug-likeness (QED) is 0.934. The maximum atomic E-state index is 13.7. The van der Waals surface area contributed by atoms with E-state index in [1.165, 1.54) is 6.07 Å². The van der Waals surface area contributed by atoms with Crippen LogP contribution in [0.2, 0.25) is 0 Å². The van der Waals surface area contributed by atoms with Gasteiger partial charge in [-0.1, -0.05) is 18.2 Å². The van der Waals surface area contributed by atoms with Gasteiger partial charge in [0.25, 0.3) is 5.91 Å². The Hall–Kier alpha value is -2.36. The van der Waals surface area contributed by atoms with Crippen LogP contribution in [0.4, 0.5) is 10.1 Å². The second kappa shape index (κ2) is 6.39. The number of anilines is 1. The van der Waals surface area contributed by atoms with Gasteiger partial charge in [-0.25, -0.2) is 4.39 Å². The molecule has 0 fully saturated rings. The van der Waals surface area contributed by atoms with Gasteiger partial charge in [0, 0.05) is 30.9 Å². The van der Waals surface area contributed by atoms with Gasteiger partial charge >= 0.3 is 0 Å². The first-order valence-electron chi connectivity index (χ1n) is 6.81. The van der Waals surface area contributed by atoms with Crippen LogP contribution < -0.4 is 10.2 Å². The summed E-state index contributed by atoms with van der Waals surface area (Å²) < 4.78 is 13.7. The largest absolute Gasteiger partial charge is 0.378 e. The Labute approximate surface area is 124 Å². The topological polar surface area (TPSA) is 32.3 Å². The zero-order valence-electron chi connectivity index (χ0n) is 12.4. The van der Waals surface area contributed by atoms with Crippen molar-refractivity contribution < 1.29 is 9.18 Å². The molecule has 0 saturated heterocycles. The Morgan fingerprint density at radius 3 is 2.29 bits per heavy atom. The van der Waals surface area contributed by atoms with Crippen LogP contribution in [0.25, 0.3) is 0 Å². The fourth-order valence-corrected chi connectivity index (χ4v) is 2.09. The number of amides is 1. The van der Waals surface area contributed by atoms with Gasteiger partial charge in [0.05, 0.1) is 6.04 Å². The third kappa shape index (κ3) is 3.60. The maximum absolute atomic E-state index is 13.7. The molecule has 21 heavy (non-hydrogen) atoms. The second-order valence-electron chi connectivity index (χ2n) is 5.16. The van der Waals surface area contributed by atoms with Crippen molar-refractivity contribution in [1.29, 1.82) is 0 Å². The van der Waals surface area contributed by atoms with Crippen molar-refractivity contribution in [2.24, 2.45) is 0 Å². The van der Waals surface area contributed by atoms with Gasteiger partial charge in [-0.15, -0.1) is 0 Å². The van der Waals surface area contributed by atoms with Crippen molar-refractivity contribution in [3.8, 4) is 0 Å². The van der Waals surface area contributed by atoms with Crippen LogP contribution in [0.5, 0.6) is 0 Å². The van der Waals surface area contributed by atoms with E-state index in [1.807, 2.05) is 31.1 Å². The van der Waals surface area contributed by atoms with Gasteiger partial charge in [-0.05, 0) is 37.3 Å². The minimum atomic E-state index is -0.382. The Morgan fingerprint density at radius 1 is 1.10 bits per heavy atom. The summed E-state index contributed by atoms with van der Waals surface area (Å²) in [7, 11) is 3.88. The molecule has 0 aliphatic rings. The van der Waals surface area contributed by atoms with Crippen molar-refractivity contribution in [2.45, 2.75) is 13.0 Å². The highest BCUT2D eigenvalue weighted by Gasteiger charge is 2.14. The predicted octanol–water partition coefficient (Wildman–Crippen LogP) is 3.38. The van der Waals surface area contributed by atoms with E-state index in [1.54, 1.807) is 37.3 Å². The molecule has 2 aromatic carbocycles. The van der Waals surface area contributed by atoms with Crippen LogP contribution in [0, 0.1) is 5.82 Å². The summed E-state index contributed by atoms with van der Waals surface area (Å²) in [4.78, 5) is 14.1. The van der Waals surface area contributed by atoms with E-state index in [-0.39, 0.29) is 17.8 Å². The summed E-state index contributed by atoms with van der Waals surface area (Å²) in [5.74, 6) is -0.524. The Morgan fingerprint density at radius 2 is 1.71 bits per heavy atom. The molecule has 2 rings (SSSR count). The van der Waals surface area contributed by atoms with Crippen molar-refractivity contribution in [1.82, 2.24) is 5.32 Å². The average Bonchev–Trinajstić information content (AvgIpc) is 2.47. The highest BCUT2D eigenvalue weighted by molar-refractivity contribution is 5.94. The van der Waals surface area contributed by atoms with Gasteiger partial charge < -0.3 is 10.2 Å². The average molecular weight is 286 g/mol. The van der Waals surface area contributed by atoms with Crippen molar-refractivity contribution in [3.05, 3.63) is 65.5 Å². The first-order valence-corrected chi connectivity index (χ1v) is 6.81. The molecule has 0 bridgehead atoms. The van der Waals surface area contributed by atoms with E-state index >= 15 is 0 Å². The van der Waals surface area contributed by atoms with Crippen molar-refractivity contribution in [3.63, 3.8) is 0 Å². The minimum Gasteiger partial charge on any atom is -0.378 e. The molecule has 0 radical (unpaired) electrons. The van der Waals surface area contributed by atoms with Crippen LogP contribution in [-0.2, 0) is 0 Å². The molecule has 0 aliphatic carbocycles. The smallest absolute Gasteiger partial charge is 0.251 e. The van der Waals surface area contributed by atoms with Crippen LogP contribution >= 0.6 is 0 Å². The molecule has 110 valence electrons. The lowest BCUT2D eigenvalue weighted by atomic mass is 10.1. The van der Waals surface area contributed by atoms with Crippen LogP contribution in [0.1, 0.15) is 28.9 Å². The monoisotopic (exact) mass is 286 g/mol. The summed E-state index contributed by atoms with van der Waals surface area (Å²) in [5, 5.41) is 2.81. The SMILES string of the molecule is CC(NC(=O)c1ccc(N(C)C)cc1)c1ccccc1F. The summed E-state index contributed by atoms with van der Waals surface area (Å²) >= 11 is 0. The lowest BCUT2D eigenvalue weighted by molar-refractivity contribution is 0.0939. The van der Waals surface area contributed by atoms with Gasteiger partial charge in [-0.3, -0.25) is 4.79 Å². The normalized spacial score (nSPS) is 11.8. The highest BCUT2D eigenvalue weighted by Crippen LogP contribution is 2.17. The molecule has 1 N–H and O–H groups in total. The van der Waals surface area contributed by atoms with E-state index in [0.29, 0.717) is 11.1 Å². The van der Waals surface area contributed by atoms with Crippen LogP contribution in [0.3, 0.4) is 0 Å². The van der Waals surface area contributed by atoms with Gasteiger partial charge in [0.1, 0.15) is 5.82 Å². The van der Waals surface area contributed by atoms with E-state index in [9.17, 15) is 9.18 Å². The third-order valence-electron chi connectivity index (χ3n) is 3.37. The molecule has 1 amide bonds. The summed E-state index contributed by atoms with van der Waals surface area (Å²) in [6, 6.07) is 13.4. The zero-order chi connectivity index (χ0) is 15.4. The molecule has 2 aromatic rings. The van der Waals surface area contributed by atoms with Crippen molar-refractivity contribution in [2.75, 3.05) is 19.0 Å². The van der Waals surface area contributed by atoms with Gasteiger partial charge in [0.2, 0.25) is 0 Å². The number of hydrogen-bond acceptors (Lipinski definition) is 2. The molecule has 1 unspecified atom stereocenters. The number of halogens is 1. The molecule has 0 spiro atoms. The predicted molar refractivity (Wildman–Crippen MR) is 83.1 cm³/mol. The molecule has 0 saturated carbocycles. The van der Waals surface area contributed by atoms with Crippen LogP contribution in [-0.4, -0.2) is 20.0 Å². The number of nitrogens with one attached hydrogen (secondary N) is 1. The van der Waals surface area contributed by atoms with Crippen LogP contribution in [0.15, 0.2) is 48.5 Å². The first-order chi connectivity index (χ1) is 9.99. The Bertz CT molecular complexity index is 623. The highest BCUT2D eigenvalue weighted by atomic mass is 19.1. The zero-order valence-corrected chi connectivity index (χ0v) is 12.4. The fraction of sp³-hybridized carbons (Fsp3) is 0.235. The number of carbonyl (C=O) groups excluding carboxylic acids is 1. The maximum Gasteiger partial charge on any atom is 0.251 e. The standard InChI is InChI=1S/C17H19FN2O/c1-12(15-6-4-5-7-16(15)18)19-17(21)13-8-10-14(11-9-13)20(2)3/h4-12H,1-3H3,(H,19,21). The molecule has 4 heteroatoms. The first kappa shape index (κ1) is 15.0. The number of hydrogen-bond donors (Lipinski definition) is 1. The number of rotatable bonds is 4. The van der Waals surface area contributed by atoms with E-state index < -0.39 is 0 Å². The molecular weight excluding hydrogens is 267 g/mol. The molecular formula is C17H19FN2O. The van der Waals surface area contributed by atoms with Gasteiger partial charge in [0.15, 0.2) is 0 Å². The number of benzene rings is 2. The third-order valence-corrected chi connectivity index (χ3v) is 3.37. The second-order valence-corrected chi connectivity index (χ2v) is 5.16. The molecule has 0 aromatic heterocycles. The van der Waals surface area contributed by atoms with Crippen molar-refractivity contribution >= 4 is 11.6 Å². The Balaban J connectivity index is 2.09. The summed E-state index contributed by atoms with van der Waals surface area (Å²) in [6.07, 6.45) is 0. The minimum absolute atomic E-state index is 0.212. The van der Waals surface area contributed by atoms with E-state index in [2.05, 4.69) is 5.32 Å². The lowest BCUT2D eigenvalue weighted by Gasteiger charge is -2.16.